The van der Waals surface area contributed by atoms with E-state index < -0.39 is 6.10 Å². The molecule has 0 spiro atoms. The van der Waals surface area contributed by atoms with Crippen molar-refractivity contribution in [3.8, 4) is 0 Å². The van der Waals surface area contributed by atoms with Gasteiger partial charge in [0.2, 0.25) is 0 Å². The topological polar surface area (TPSA) is 78.9 Å². The molecule has 6 heteroatoms. The highest BCUT2D eigenvalue weighted by Crippen LogP contribution is 2.14. The minimum absolute atomic E-state index is 0.0715. The van der Waals surface area contributed by atoms with Crippen molar-refractivity contribution < 1.29 is 28.6 Å². The van der Waals surface area contributed by atoms with Gasteiger partial charge in [0.15, 0.2) is 6.10 Å². The summed E-state index contributed by atoms with van der Waals surface area (Å²) in [5.41, 5.74) is 0. The Morgan fingerprint density at radius 2 is 0.756 bits per heavy atom. The SMILES string of the molecule is CCCC/C=C\CCCCCCCC(=O)OCC(COC(=O)CCCCCCC)OC(=O)CCCCCCCCCCCCC. The van der Waals surface area contributed by atoms with Crippen molar-refractivity contribution in [3.05, 3.63) is 12.2 Å². The maximum Gasteiger partial charge on any atom is 0.306 e. The molecule has 264 valence electrons. The number of unbranched alkanes of at least 4 members (excludes halogenated alkanes) is 21. The average Bonchev–Trinajstić information content (AvgIpc) is 3.03. The van der Waals surface area contributed by atoms with E-state index in [1.54, 1.807) is 0 Å². The third kappa shape index (κ3) is 33.3. The van der Waals surface area contributed by atoms with E-state index in [1.165, 1.54) is 89.9 Å². The fourth-order valence-corrected chi connectivity index (χ4v) is 5.30. The van der Waals surface area contributed by atoms with Crippen LogP contribution in [0.15, 0.2) is 12.2 Å². The predicted molar refractivity (Wildman–Crippen MR) is 187 cm³/mol. The Kier molecular flexibility index (Phi) is 33.6. The molecule has 45 heavy (non-hydrogen) atoms. The van der Waals surface area contributed by atoms with Crippen LogP contribution in [0.25, 0.3) is 0 Å². The summed E-state index contributed by atoms with van der Waals surface area (Å²) >= 11 is 0. The van der Waals surface area contributed by atoms with Gasteiger partial charge in [-0.1, -0.05) is 155 Å². The summed E-state index contributed by atoms with van der Waals surface area (Å²) in [7, 11) is 0. The van der Waals surface area contributed by atoms with Crippen LogP contribution in [-0.2, 0) is 28.6 Å². The van der Waals surface area contributed by atoms with E-state index in [1.807, 2.05) is 0 Å². The minimum atomic E-state index is -0.761. The molecule has 0 heterocycles. The molecule has 0 amide bonds. The third-order valence-corrected chi connectivity index (χ3v) is 8.27. The first kappa shape index (κ1) is 43.1. The molecule has 0 saturated carbocycles. The lowest BCUT2D eigenvalue weighted by atomic mass is 10.1. The van der Waals surface area contributed by atoms with E-state index in [9.17, 15) is 14.4 Å². The monoisotopic (exact) mass is 637 g/mol. The lowest BCUT2D eigenvalue weighted by Gasteiger charge is -2.18. The second-order valence-electron chi connectivity index (χ2n) is 12.8. The summed E-state index contributed by atoms with van der Waals surface area (Å²) in [6.07, 6.45) is 33.6. The summed E-state index contributed by atoms with van der Waals surface area (Å²) in [5, 5.41) is 0. The third-order valence-electron chi connectivity index (χ3n) is 8.27. The van der Waals surface area contributed by atoms with E-state index in [0.29, 0.717) is 19.3 Å². The van der Waals surface area contributed by atoms with Gasteiger partial charge in [0.1, 0.15) is 13.2 Å². The van der Waals surface area contributed by atoms with Gasteiger partial charge in [-0.25, -0.2) is 0 Å². The van der Waals surface area contributed by atoms with Crippen molar-refractivity contribution in [2.45, 2.75) is 207 Å². The fraction of sp³-hybridized carbons (Fsp3) is 0.872. The number of allylic oxidation sites excluding steroid dienone is 2. The van der Waals surface area contributed by atoms with Crippen LogP contribution in [0.1, 0.15) is 201 Å². The van der Waals surface area contributed by atoms with E-state index in [4.69, 9.17) is 14.2 Å². The summed E-state index contributed by atoms with van der Waals surface area (Å²) in [4.78, 5) is 37.2. The zero-order valence-electron chi connectivity index (χ0n) is 29.9. The molecule has 0 rings (SSSR count). The molecule has 0 aromatic carbocycles. The molecule has 0 bridgehead atoms. The quantitative estimate of drug-likeness (QED) is 0.0303. The molecule has 0 aliphatic heterocycles. The largest absolute Gasteiger partial charge is 0.462 e. The molecule has 1 atom stereocenters. The smallest absolute Gasteiger partial charge is 0.306 e. The molecular formula is C39H72O6. The first-order chi connectivity index (χ1) is 22.0. The normalized spacial score (nSPS) is 12.0. The van der Waals surface area contributed by atoms with Gasteiger partial charge in [0.25, 0.3) is 0 Å². The highest BCUT2D eigenvalue weighted by atomic mass is 16.6. The number of hydrogen-bond donors (Lipinski definition) is 0. The van der Waals surface area contributed by atoms with E-state index in [-0.39, 0.29) is 31.1 Å². The number of carbonyl (C=O) groups is 3. The van der Waals surface area contributed by atoms with Crippen molar-refractivity contribution in [2.24, 2.45) is 0 Å². The first-order valence-electron chi connectivity index (χ1n) is 19.2. The van der Waals surface area contributed by atoms with Gasteiger partial charge in [0, 0.05) is 19.3 Å². The van der Waals surface area contributed by atoms with Crippen molar-refractivity contribution in [1.29, 1.82) is 0 Å². The minimum Gasteiger partial charge on any atom is -0.462 e. The van der Waals surface area contributed by atoms with E-state index in [0.717, 1.165) is 70.6 Å². The summed E-state index contributed by atoms with van der Waals surface area (Å²) in [6.45, 7) is 6.48. The van der Waals surface area contributed by atoms with Crippen molar-refractivity contribution in [2.75, 3.05) is 13.2 Å². The Balaban J connectivity index is 4.30. The van der Waals surface area contributed by atoms with Gasteiger partial charge in [0.05, 0.1) is 0 Å². The lowest BCUT2D eigenvalue weighted by Crippen LogP contribution is -2.30. The lowest BCUT2D eigenvalue weighted by molar-refractivity contribution is -0.167. The Morgan fingerprint density at radius 3 is 1.18 bits per heavy atom. The molecule has 0 N–H and O–H groups in total. The van der Waals surface area contributed by atoms with Crippen LogP contribution < -0.4 is 0 Å². The number of esters is 3. The maximum absolute atomic E-state index is 12.6. The second kappa shape index (κ2) is 35.0. The molecular weight excluding hydrogens is 564 g/mol. The number of ether oxygens (including phenoxy) is 3. The summed E-state index contributed by atoms with van der Waals surface area (Å²) in [5.74, 6) is -0.897. The Hall–Kier alpha value is -1.85. The van der Waals surface area contributed by atoms with Crippen LogP contribution in [0.3, 0.4) is 0 Å². The number of hydrogen-bond acceptors (Lipinski definition) is 6. The molecule has 0 aliphatic carbocycles. The Morgan fingerprint density at radius 1 is 0.422 bits per heavy atom. The summed E-state index contributed by atoms with van der Waals surface area (Å²) < 4.78 is 16.5. The van der Waals surface area contributed by atoms with Crippen LogP contribution in [0, 0.1) is 0 Å². The molecule has 0 fully saturated rings. The zero-order chi connectivity index (χ0) is 33.1. The van der Waals surface area contributed by atoms with E-state index in [2.05, 4.69) is 32.9 Å². The fourth-order valence-electron chi connectivity index (χ4n) is 5.30. The highest BCUT2D eigenvalue weighted by molar-refractivity contribution is 5.71. The standard InChI is InChI=1S/C39H72O6/c1-4-7-10-13-15-17-19-21-23-26-29-32-38(41)44-35-36(34-43-37(40)31-28-25-12-9-6-3)45-39(42)33-30-27-24-22-20-18-16-14-11-8-5-2/h13,15,36H,4-12,14,16-35H2,1-3H3/b15-13-. The molecule has 1 unspecified atom stereocenters. The van der Waals surface area contributed by atoms with Crippen molar-refractivity contribution in [3.63, 3.8) is 0 Å². The van der Waals surface area contributed by atoms with Crippen LogP contribution >= 0.6 is 0 Å². The van der Waals surface area contributed by atoms with Gasteiger partial charge in [-0.3, -0.25) is 14.4 Å². The molecule has 0 saturated heterocycles. The van der Waals surface area contributed by atoms with Crippen LogP contribution in [0.4, 0.5) is 0 Å². The molecule has 0 radical (unpaired) electrons. The van der Waals surface area contributed by atoms with Crippen molar-refractivity contribution in [1.82, 2.24) is 0 Å². The van der Waals surface area contributed by atoms with E-state index >= 15 is 0 Å². The maximum atomic E-state index is 12.6. The van der Waals surface area contributed by atoms with Crippen molar-refractivity contribution >= 4 is 17.9 Å². The van der Waals surface area contributed by atoms with Crippen LogP contribution in [0.5, 0.6) is 0 Å². The predicted octanol–water partition coefficient (Wildman–Crippen LogP) is 11.5. The van der Waals surface area contributed by atoms with Gasteiger partial charge in [-0.05, 0) is 38.5 Å². The molecule has 6 nitrogen and oxygen atoms in total. The zero-order valence-corrected chi connectivity index (χ0v) is 29.9. The van der Waals surface area contributed by atoms with Gasteiger partial charge >= 0.3 is 17.9 Å². The first-order valence-corrected chi connectivity index (χ1v) is 19.2. The Labute approximate surface area is 278 Å². The Bertz CT molecular complexity index is 704. The van der Waals surface area contributed by atoms with Gasteiger partial charge in [-0.15, -0.1) is 0 Å². The molecule has 0 aromatic heterocycles. The second-order valence-corrected chi connectivity index (χ2v) is 12.8. The molecule has 0 aliphatic rings. The van der Waals surface area contributed by atoms with Gasteiger partial charge < -0.3 is 14.2 Å². The average molecular weight is 637 g/mol. The number of rotatable bonds is 34. The summed E-state index contributed by atoms with van der Waals surface area (Å²) in [6, 6.07) is 0. The number of carbonyl (C=O) groups excluding carboxylic acids is 3. The molecule has 0 aromatic rings. The van der Waals surface area contributed by atoms with Gasteiger partial charge in [-0.2, -0.15) is 0 Å². The van der Waals surface area contributed by atoms with Crippen LogP contribution in [-0.4, -0.2) is 37.2 Å². The van der Waals surface area contributed by atoms with Crippen LogP contribution in [0.2, 0.25) is 0 Å². The highest BCUT2D eigenvalue weighted by Gasteiger charge is 2.19.